The van der Waals surface area contributed by atoms with Crippen LogP contribution in [0, 0.1) is 6.92 Å². The van der Waals surface area contributed by atoms with Crippen molar-refractivity contribution >= 4 is 28.4 Å². The van der Waals surface area contributed by atoms with E-state index in [9.17, 15) is 9.59 Å². The van der Waals surface area contributed by atoms with Gasteiger partial charge in [-0.15, -0.1) is 0 Å². The summed E-state index contributed by atoms with van der Waals surface area (Å²) < 4.78 is 1.67. The first-order chi connectivity index (χ1) is 8.50. The number of aryl methyl sites for hydroxylation is 1. The van der Waals surface area contributed by atoms with Gasteiger partial charge < -0.3 is 4.57 Å². The molecule has 2 aromatic rings. The molecule has 0 unspecified atom stereocenters. The third-order valence-electron chi connectivity index (χ3n) is 2.57. The molecule has 1 aromatic carbocycles. The van der Waals surface area contributed by atoms with E-state index in [1.165, 1.54) is 12.3 Å². The Kier molecular flexibility index (Phi) is 3.55. The molecular weight excluding hydrogens is 273 g/mol. The second-order valence-electron chi connectivity index (χ2n) is 3.79. The Bertz CT molecular complexity index is 677. The number of hydrogen-bond acceptors (Lipinski definition) is 2. The van der Waals surface area contributed by atoms with Gasteiger partial charge in [0.1, 0.15) is 0 Å². The molecular formula is C13H9Cl2NO2. The highest BCUT2D eigenvalue weighted by atomic mass is 35.5. The molecule has 0 bridgehead atoms. The molecule has 3 nitrogen and oxygen atoms in total. The monoisotopic (exact) mass is 281 g/mol. The van der Waals surface area contributed by atoms with Crippen molar-refractivity contribution in [3.63, 3.8) is 0 Å². The van der Waals surface area contributed by atoms with Gasteiger partial charge >= 0.3 is 0 Å². The first-order valence-electron chi connectivity index (χ1n) is 5.19. The number of carbonyl (C=O) groups is 1. The summed E-state index contributed by atoms with van der Waals surface area (Å²) in [5.41, 5.74) is 0.906. The molecule has 92 valence electrons. The Morgan fingerprint density at radius 3 is 2.56 bits per heavy atom. The smallest absolute Gasteiger partial charge is 0.257 e. The zero-order chi connectivity index (χ0) is 13.3. The molecule has 0 radical (unpaired) electrons. The first kappa shape index (κ1) is 12.9. The summed E-state index contributed by atoms with van der Waals surface area (Å²) in [7, 11) is 0. The fourth-order valence-electron chi connectivity index (χ4n) is 1.69. The summed E-state index contributed by atoms with van der Waals surface area (Å²) >= 11 is 11.5. The summed E-state index contributed by atoms with van der Waals surface area (Å²) in [6.07, 6.45) is 1.41. The van der Waals surface area contributed by atoms with Crippen molar-refractivity contribution < 1.29 is 4.79 Å². The Labute approximate surface area is 114 Å². The van der Waals surface area contributed by atoms with Crippen LogP contribution in [0.1, 0.15) is 16.1 Å². The van der Waals surface area contributed by atoms with E-state index < -0.39 is 10.7 Å². The van der Waals surface area contributed by atoms with Crippen LogP contribution in [0.3, 0.4) is 0 Å². The van der Waals surface area contributed by atoms with Crippen LogP contribution in [0.5, 0.6) is 0 Å². The van der Waals surface area contributed by atoms with Gasteiger partial charge in [-0.2, -0.15) is 0 Å². The minimum atomic E-state index is -0.777. The van der Waals surface area contributed by atoms with Crippen LogP contribution in [-0.4, -0.2) is 9.81 Å². The molecule has 2 rings (SSSR count). The lowest BCUT2D eigenvalue weighted by Crippen LogP contribution is -2.16. The number of nitrogens with zero attached hydrogens (tertiary/aromatic N) is 1. The van der Waals surface area contributed by atoms with Crippen LogP contribution in [0.2, 0.25) is 5.02 Å². The molecule has 0 saturated carbocycles. The molecule has 1 heterocycles. The molecule has 0 aliphatic heterocycles. The molecule has 1 aromatic heterocycles. The van der Waals surface area contributed by atoms with Crippen molar-refractivity contribution in [1.82, 2.24) is 4.57 Å². The van der Waals surface area contributed by atoms with Crippen LogP contribution in [0.15, 0.2) is 41.3 Å². The molecule has 0 atom stereocenters. The highest BCUT2D eigenvalue weighted by Crippen LogP contribution is 2.21. The third kappa shape index (κ3) is 2.33. The van der Waals surface area contributed by atoms with Crippen LogP contribution in [0.4, 0.5) is 0 Å². The van der Waals surface area contributed by atoms with E-state index >= 15 is 0 Å². The number of aromatic nitrogens is 1. The second kappa shape index (κ2) is 4.96. The molecule has 0 fully saturated rings. The van der Waals surface area contributed by atoms with E-state index in [0.29, 0.717) is 16.4 Å². The Hall–Kier alpha value is -1.58. The van der Waals surface area contributed by atoms with E-state index in [2.05, 4.69) is 0 Å². The average Bonchev–Trinajstić information content (AvgIpc) is 2.30. The van der Waals surface area contributed by atoms with Gasteiger partial charge in [-0.25, -0.2) is 0 Å². The highest BCUT2D eigenvalue weighted by Gasteiger charge is 2.11. The van der Waals surface area contributed by atoms with Crippen LogP contribution < -0.4 is 5.43 Å². The van der Waals surface area contributed by atoms with Crippen molar-refractivity contribution in [1.29, 1.82) is 0 Å². The van der Waals surface area contributed by atoms with E-state index in [1.807, 2.05) is 6.07 Å². The van der Waals surface area contributed by atoms with Gasteiger partial charge in [0.2, 0.25) is 0 Å². The van der Waals surface area contributed by atoms with Gasteiger partial charge in [0.25, 0.3) is 5.24 Å². The summed E-state index contributed by atoms with van der Waals surface area (Å²) in [5.74, 6) is 0. The van der Waals surface area contributed by atoms with Crippen molar-refractivity contribution in [2.75, 3.05) is 0 Å². The Morgan fingerprint density at radius 1 is 1.28 bits per heavy atom. The van der Waals surface area contributed by atoms with Crippen molar-refractivity contribution in [2.24, 2.45) is 0 Å². The number of rotatable bonds is 2. The summed E-state index contributed by atoms with van der Waals surface area (Å²) in [6.45, 7) is 1.76. The predicted molar refractivity (Wildman–Crippen MR) is 72.0 cm³/mol. The fraction of sp³-hybridized carbons (Fsp3) is 0.0769. The summed E-state index contributed by atoms with van der Waals surface area (Å²) in [5, 5.41) is -0.252. The molecule has 0 saturated heterocycles. The molecule has 0 N–H and O–H groups in total. The number of halogens is 2. The number of para-hydroxylation sites is 1. The van der Waals surface area contributed by atoms with Crippen molar-refractivity contribution in [2.45, 2.75) is 6.92 Å². The molecule has 0 aliphatic carbocycles. The van der Waals surface area contributed by atoms with Crippen LogP contribution in [0.25, 0.3) is 5.69 Å². The Morgan fingerprint density at radius 2 is 1.94 bits per heavy atom. The quantitative estimate of drug-likeness (QED) is 0.793. The van der Waals surface area contributed by atoms with Crippen molar-refractivity contribution in [3.05, 3.63) is 63.0 Å². The number of carbonyl (C=O) groups excluding carboxylic acids is 1. The van der Waals surface area contributed by atoms with Crippen molar-refractivity contribution in [3.8, 4) is 5.69 Å². The van der Waals surface area contributed by atoms with Crippen LogP contribution in [-0.2, 0) is 0 Å². The number of pyridine rings is 1. The summed E-state index contributed by atoms with van der Waals surface area (Å²) in [4.78, 5) is 22.8. The number of hydrogen-bond donors (Lipinski definition) is 0. The van der Waals surface area contributed by atoms with E-state index in [4.69, 9.17) is 23.2 Å². The predicted octanol–water partition coefficient (Wildman–Crippen LogP) is 3.18. The average molecular weight is 282 g/mol. The lowest BCUT2D eigenvalue weighted by atomic mass is 10.2. The summed E-state index contributed by atoms with van der Waals surface area (Å²) in [6, 6.07) is 8.51. The number of benzene rings is 1. The lowest BCUT2D eigenvalue weighted by molar-refractivity contribution is 0.108. The highest BCUT2D eigenvalue weighted by molar-refractivity contribution is 6.67. The van der Waals surface area contributed by atoms with E-state index in [0.717, 1.165) is 0 Å². The molecule has 0 amide bonds. The normalized spacial score (nSPS) is 10.4. The maximum atomic E-state index is 11.6. The maximum Gasteiger partial charge on any atom is 0.257 e. The van der Waals surface area contributed by atoms with Gasteiger partial charge in [-0.3, -0.25) is 9.59 Å². The minimum Gasteiger partial charge on any atom is -0.319 e. The van der Waals surface area contributed by atoms with Gasteiger partial charge in [-0.1, -0.05) is 23.7 Å². The SMILES string of the molecule is Cc1cc(=O)c(C(=O)Cl)cn1-c1ccccc1Cl. The van der Waals surface area contributed by atoms with E-state index in [-0.39, 0.29) is 5.56 Å². The fourth-order valence-corrected chi connectivity index (χ4v) is 2.05. The first-order valence-corrected chi connectivity index (χ1v) is 5.94. The van der Waals surface area contributed by atoms with E-state index in [1.54, 1.807) is 29.7 Å². The largest absolute Gasteiger partial charge is 0.319 e. The third-order valence-corrected chi connectivity index (χ3v) is 3.09. The maximum absolute atomic E-state index is 11.6. The second-order valence-corrected chi connectivity index (χ2v) is 4.54. The lowest BCUT2D eigenvalue weighted by Gasteiger charge is -2.12. The van der Waals surface area contributed by atoms with Crippen LogP contribution >= 0.6 is 23.2 Å². The molecule has 5 heteroatoms. The van der Waals surface area contributed by atoms with Gasteiger partial charge in [0.15, 0.2) is 5.43 Å². The Balaban J connectivity index is 2.73. The molecule has 18 heavy (non-hydrogen) atoms. The van der Waals surface area contributed by atoms with Gasteiger partial charge in [-0.05, 0) is 30.7 Å². The zero-order valence-electron chi connectivity index (χ0n) is 9.48. The van der Waals surface area contributed by atoms with Gasteiger partial charge in [0, 0.05) is 18.0 Å². The molecule has 0 aliphatic rings. The molecule has 0 spiro atoms. The standard InChI is InChI=1S/C13H9Cl2NO2/c1-8-6-12(17)9(13(15)18)7-16(8)11-5-3-2-4-10(11)14/h2-7H,1H3. The van der Waals surface area contributed by atoms with Gasteiger partial charge in [0.05, 0.1) is 16.3 Å². The topological polar surface area (TPSA) is 39.1 Å². The minimum absolute atomic E-state index is 0.0674. The zero-order valence-corrected chi connectivity index (χ0v) is 11.0.